The molecule has 0 aromatic heterocycles. The Balaban J connectivity index is 1.91. The molecule has 3 nitrogen and oxygen atoms in total. The number of thioether (sulfide) groups is 1. The maximum absolute atomic E-state index is 11.7. The second kappa shape index (κ2) is 4.26. The third kappa shape index (κ3) is 1.80. The fraction of sp³-hybridized carbons (Fsp3) is 0.462. The van der Waals surface area contributed by atoms with Crippen LogP contribution in [-0.4, -0.2) is 29.7 Å². The van der Waals surface area contributed by atoms with Gasteiger partial charge in [-0.2, -0.15) is 0 Å². The number of carbonyl (C=O) groups is 1. The van der Waals surface area contributed by atoms with Gasteiger partial charge in [0.05, 0.1) is 12.4 Å². The minimum absolute atomic E-state index is 0.193. The van der Waals surface area contributed by atoms with Crippen LogP contribution in [0.3, 0.4) is 0 Å². The van der Waals surface area contributed by atoms with Crippen LogP contribution in [0.1, 0.15) is 23.4 Å². The van der Waals surface area contributed by atoms with E-state index in [-0.39, 0.29) is 11.3 Å². The number of carbonyl (C=O) groups excluding carboxylic acids is 1. The lowest BCUT2D eigenvalue weighted by Crippen LogP contribution is -2.27. The smallest absolute Gasteiger partial charge is 0.233 e. The molecule has 0 radical (unpaired) electrons. The van der Waals surface area contributed by atoms with E-state index in [0.29, 0.717) is 5.75 Å². The molecular formula is C13H15NO2S. The summed E-state index contributed by atoms with van der Waals surface area (Å²) in [4.78, 5) is 13.6. The fourth-order valence-electron chi connectivity index (χ4n) is 2.43. The first-order valence-electron chi connectivity index (χ1n) is 5.96. The minimum atomic E-state index is 0.193. The zero-order chi connectivity index (χ0) is 11.8. The first kappa shape index (κ1) is 11.0. The van der Waals surface area contributed by atoms with E-state index < -0.39 is 0 Å². The van der Waals surface area contributed by atoms with Gasteiger partial charge in [0.2, 0.25) is 5.91 Å². The molecule has 0 saturated carbocycles. The zero-order valence-electron chi connectivity index (χ0n) is 9.81. The fourth-order valence-corrected chi connectivity index (χ4v) is 3.68. The molecular weight excluding hydrogens is 234 g/mol. The van der Waals surface area contributed by atoms with Crippen LogP contribution in [0.15, 0.2) is 18.2 Å². The standard InChI is InChI=1S/C13H15NO2S/c1-2-14-12(15)8-17-13(14)10-3-4-11-9(7-10)5-6-16-11/h3-4,7,13H,2,5-6,8H2,1H3. The van der Waals surface area contributed by atoms with Crippen molar-refractivity contribution in [2.24, 2.45) is 0 Å². The van der Waals surface area contributed by atoms with Crippen LogP contribution in [-0.2, 0) is 11.2 Å². The number of rotatable bonds is 2. The number of amides is 1. The molecule has 3 rings (SSSR count). The highest BCUT2D eigenvalue weighted by Crippen LogP contribution is 2.40. The largest absolute Gasteiger partial charge is 0.493 e. The van der Waals surface area contributed by atoms with Crippen molar-refractivity contribution in [2.75, 3.05) is 18.9 Å². The molecule has 0 aliphatic carbocycles. The summed E-state index contributed by atoms with van der Waals surface area (Å²) in [5.41, 5.74) is 2.51. The number of nitrogens with zero attached hydrogens (tertiary/aromatic N) is 1. The molecule has 1 aromatic carbocycles. The average Bonchev–Trinajstić information content (AvgIpc) is 2.93. The number of hydrogen-bond donors (Lipinski definition) is 0. The summed E-state index contributed by atoms with van der Waals surface area (Å²) in [6.45, 7) is 3.60. The minimum Gasteiger partial charge on any atom is -0.493 e. The van der Waals surface area contributed by atoms with Gasteiger partial charge in [0.1, 0.15) is 11.1 Å². The van der Waals surface area contributed by atoms with Crippen LogP contribution in [0.25, 0.3) is 0 Å². The Labute approximate surface area is 105 Å². The monoisotopic (exact) mass is 249 g/mol. The summed E-state index contributed by atoms with van der Waals surface area (Å²) < 4.78 is 5.50. The van der Waals surface area contributed by atoms with E-state index in [1.807, 2.05) is 17.9 Å². The van der Waals surface area contributed by atoms with Crippen molar-refractivity contribution in [3.63, 3.8) is 0 Å². The van der Waals surface area contributed by atoms with Crippen molar-refractivity contribution in [1.82, 2.24) is 4.90 Å². The molecule has 1 unspecified atom stereocenters. The van der Waals surface area contributed by atoms with Gasteiger partial charge in [-0.25, -0.2) is 0 Å². The van der Waals surface area contributed by atoms with Crippen LogP contribution in [0, 0.1) is 0 Å². The summed E-state index contributed by atoms with van der Waals surface area (Å²) in [5, 5.41) is 0.193. The van der Waals surface area contributed by atoms with E-state index >= 15 is 0 Å². The number of fused-ring (bicyclic) bond motifs is 1. The second-order valence-corrected chi connectivity index (χ2v) is 5.38. The highest BCUT2D eigenvalue weighted by atomic mass is 32.2. The van der Waals surface area contributed by atoms with Gasteiger partial charge in [0.15, 0.2) is 0 Å². The maximum atomic E-state index is 11.7. The summed E-state index contributed by atoms with van der Waals surface area (Å²) >= 11 is 1.72. The van der Waals surface area contributed by atoms with Crippen LogP contribution in [0.4, 0.5) is 0 Å². The van der Waals surface area contributed by atoms with Gasteiger partial charge >= 0.3 is 0 Å². The molecule has 0 spiro atoms. The number of benzene rings is 1. The Hall–Kier alpha value is -1.16. The van der Waals surface area contributed by atoms with Gasteiger partial charge in [-0.05, 0) is 30.2 Å². The van der Waals surface area contributed by atoms with Crippen LogP contribution in [0.2, 0.25) is 0 Å². The van der Waals surface area contributed by atoms with Crippen molar-refractivity contribution in [3.05, 3.63) is 29.3 Å². The molecule has 1 saturated heterocycles. The lowest BCUT2D eigenvalue weighted by molar-refractivity contribution is -0.127. The SMILES string of the molecule is CCN1C(=O)CSC1c1ccc2c(c1)CCO2. The summed E-state index contributed by atoms with van der Waals surface area (Å²) in [7, 11) is 0. The zero-order valence-corrected chi connectivity index (χ0v) is 10.6. The third-order valence-corrected chi connectivity index (χ3v) is 4.56. The highest BCUT2D eigenvalue weighted by molar-refractivity contribution is 8.00. The molecule has 2 heterocycles. The Bertz CT molecular complexity index is 461. The van der Waals surface area contributed by atoms with Gasteiger partial charge < -0.3 is 9.64 Å². The second-order valence-electron chi connectivity index (χ2n) is 4.31. The molecule has 1 fully saturated rings. The van der Waals surface area contributed by atoms with Crippen LogP contribution in [0.5, 0.6) is 5.75 Å². The first-order chi connectivity index (χ1) is 8.29. The Morgan fingerprint density at radius 3 is 3.24 bits per heavy atom. The third-order valence-electron chi connectivity index (χ3n) is 3.31. The van der Waals surface area contributed by atoms with E-state index in [0.717, 1.165) is 25.3 Å². The predicted molar refractivity (Wildman–Crippen MR) is 68.2 cm³/mol. The Kier molecular flexibility index (Phi) is 2.74. The molecule has 90 valence electrons. The molecule has 0 bridgehead atoms. The summed E-state index contributed by atoms with van der Waals surface area (Å²) in [5.74, 6) is 1.86. The van der Waals surface area contributed by atoms with E-state index in [1.165, 1.54) is 11.1 Å². The average molecular weight is 249 g/mol. The molecule has 2 aliphatic heterocycles. The molecule has 2 aliphatic rings. The van der Waals surface area contributed by atoms with E-state index in [2.05, 4.69) is 12.1 Å². The van der Waals surface area contributed by atoms with Gasteiger partial charge in [-0.1, -0.05) is 6.07 Å². The lowest BCUT2D eigenvalue weighted by atomic mass is 10.1. The molecule has 1 amide bonds. The van der Waals surface area contributed by atoms with E-state index in [4.69, 9.17) is 4.74 Å². The first-order valence-corrected chi connectivity index (χ1v) is 7.01. The molecule has 1 atom stereocenters. The van der Waals surface area contributed by atoms with E-state index in [1.54, 1.807) is 11.8 Å². The molecule has 1 aromatic rings. The van der Waals surface area contributed by atoms with Crippen LogP contribution < -0.4 is 4.74 Å². The van der Waals surface area contributed by atoms with Crippen molar-refractivity contribution < 1.29 is 9.53 Å². The topological polar surface area (TPSA) is 29.5 Å². The van der Waals surface area contributed by atoms with Crippen molar-refractivity contribution in [3.8, 4) is 5.75 Å². The number of hydrogen-bond acceptors (Lipinski definition) is 3. The van der Waals surface area contributed by atoms with Gasteiger partial charge in [0.25, 0.3) is 0 Å². The van der Waals surface area contributed by atoms with Crippen molar-refractivity contribution in [2.45, 2.75) is 18.7 Å². The highest BCUT2D eigenvalue weighted by Gasteiger charge is 2.32. The lowest BCUT2D eigenvalue weighted by Gasteiger charge is -2.22. The van der Waals surface area contributed by atoms with Gasteiger partial charge in [0, 0.05) is 13.0 Å². The number of ether oxygens (including phenoxy) is 1. The van der Waals surface area contributed by atoms with Crippen LogP contribution >= 0.6 is 11.8 Å². The maximum Gasteiger partial charge on any atom is 0.233 e. The molecule has 0 N–H and O–H groups in total. The van der Waals surface area contributed by atoms with Gasteiger partial charge in [-0.15, -0.1) is 11.8 Å². The predicted octanol–water partition coefficient (Wildman–Crippen LogP) is 2.22. The Morgan fingerprint density at radius 1 is 1.53 bits per heavy atom. The van der Waals surface area contributed by atoms with Gasteiger partial charge in [-0.3, -0.25) is 4.79 Å². The normalized spacial score (nSPS) is 22.8. The summed E-state index contributed by atoms with van der Waals surface area (Å²) in [6.07, 6.45) is 0.987. The van der Waals surface area contributed by atoms with Crippen molar-refractivity contribution in [1.29, 1.82) is 0 Å². The molecule has 17 heavy (non-hydrogen) atoms. The Morgan fingerprint density at radius 2 is 2.41 bits per heavy atom. The van der Waals surface area contributed by atoms with E-state index in [9.17, 15) is 4.79 Å². The quantitative estimate of drug-likeness (QED) is 0.805. The van der Waals surface area contributed by atoms with Crippen molar-refractivity contribution >= 4 is 17.7 Å². The summed E-state index contributed by atoms with van der Waals surface area (Å²) in [6, 6.07) is 6.32. The molecule has 4 heteroatoms.